The smallest absolute Gasteiger partial charge is 0.225 e. The van der Waals surface area contributed by atoms with E-state index in [0.717, 1.165) is 25.2 Å². The SMILES string of the molecule is Nc1ccc2c(c1)CN(c1ncc(Cl)cn1)CC2. The summed E-state index contributed by atoms with van der Waals surface area (Å²) >= 11 is 5.79. The fraction of sp³-hybridized carbons (Fsp3) is 0.231. The molecule has 0 saturated carbocycles. The van der Waals surface area contributed by atoms with Crippen LogP contribution in [0.2, 0.25) is 5.02 Å². The third-order valence-corrected chi connectivity index (χ3v) is 3.33. The monoisotopic (exact) mass is 260 g/mol. The van der Waals surface area contributed by atoms with Crippen LogP contribution in [0.4, 0.5) is 11.6 Å². The van der Waals surface area contributed by atoms with Crippen molar-refractivity contribution >= 4 is 23.2 Å². The van der Waals surface area contributed by atoms with Crippen molar-refractivity contribution in [3.8, 4) is 0 Å². The van der Waals surface area contributed by atoms with Crippen molar-refractivity contribution in [2.24, 2.45) is 0 Å². The average Bonchev–Trinajstić information content (AvgIpc) is 2.38. The molecular formula is C13H13ClN4. The zero-order valence-corrected chi connectivity index (χ0v) is 10.6. The fourth-order valence-electron chi connectivity index (χ4n) is 2.22. The Labute approximate surface area is 110 Å². The number of aromatic nitrogens is 2. The lowest BCUT2D eigenvalue weighted by atomic mass is 9.99. The normalized spacial score (nSPS) is 14.4. The largest absolute Gasteiger partial charge is 0.399 e. The van der Waals surface area contributed by atoms with Crippen molar-refractivity contribution < 1.29 is 0 Å². The van der Waals surface area contributed by atoms with Crippen LogP contribution in [0.5, 0.6) is 0 Å². The molecule has 1 aliphatic rings. The lowest BCUT2D eigenvalue weighted by Crippen LogP contribution is -2.31. The number of benzene rings is 1. The molecule has 2 N–H and O–H groups in total. The highest BCUT2D eigenvalue weighted by molar-refractivity contribution is 6.30. The summed E-state index contributed by atoms with van der Waals surface area (Å²) in [4.78, 5) is 10.6. The zero-order valence-electron chi connectivity index (χ0n) is 9.81. The topological polar surface area (TPSA) is 55.0 Å². The molecule has 0 aliphatic carbocycles. The molecule has 0 spiro atoms. The van der Waals surface area contributed by atoms with E-state index < -0.39 is 0 Å². The van der Waals surface area contributed by atoms with Gasteiger partial charge in [0.1, 0.15) is 0 Å². The quantitative estimate of drug-likeness (QED) is 0.800. The Balaban J connectivity index is 1.88. The number of nitrogens with two attached hydrogens (primary N) is 1. The molecule has 0 fully saturated rings. The van der Waals surface area contributed by atoms with Gasteiger partial charge in [0.05, 0.1) is 17.4 Å². The first-order valence-electron chi connectivity index (χ1n) is 5.82. The summed E-state index contributed by atoms with van der Waals surface area (Å²) in [7, 11) is 0. The first kappa shape index (κ1) is 11.3. The summed E-state index contributed by atoms with van der Waals surface area (Å²) in [6.07, 6.45) is 4.24. The highest BCUT2D eigenvalue weighted by atomic mass is 35.5. The maximum atomic E-state index is 5.82. The predicted octanol–water partition coefficient (Wildman–Crippen LogP) is 2.27. The van der Waals surface area contributed by atoms with E-state index in [1.54, 1.807) is 12.4 Å². The molecule has 1 aromatic heterocycles. The Hall–Kier alpha value is -1.81. The molecule has 0 atom stereocenters. The number of halogens is 1. The van der Waals surface area contributed by atoms with Gasteiger partial charge in [-0.3, -0.25) is 0 Å². The predicted molar refractivity (Wildman–Crippen MR) is 72.7 cm³/mol. The highest BCUT2D eigenvalue weighted by Crippen LogP contribution is 2.23. The minimum atomic E-state index is 0.556. The summed E-state index contributed by atoms with van der Waals surface area (Å²) < 4.78 is 0. The number of rotatable bonds is 1. The minimum absolute atomic E-state index is 0.556. The number of nitrogens with zero attached hydrogens (tertiary/aromatic N) is 3. The van der Waals surface area contributed by atoms with E-state index in [1.165, 1.54) is 11.1 Å². The lowest BCUT2D eigenvalue weighted by Gasteiger charge is -2.28. The summed E-state index contributed by atoms with van der Waals surface area (Å²) in [5.74, 6) is 0.715. The Kier molecular flexibility index (Phi) is 2.80. The van der Waals surface area contributed by atoms with Crippen molar-refractivity contribution in [2.75, 3.05) is 17.2 Å². The molecule has 2 heterocycles. The first-order valence-corrected chi connectivity index (χ1v) is 6.20. The average molecular weight is 261 g/mol. The summed E-state index contributed by atoms with van der Waals surface area (Å²) in [6.45, 7) is 1.71. The first-order chi connectivity index (χ1) is 8.72. The van der Waals surface area contributed by atoms with E-state index in [0.29, 0.717) is 11.0 Å². The number of anilines is 2. The third kappa shape index (κ3) is 2.11. The second-order valence-electron chi connectivity index (χ2n) is 4.40. The molecule has 4 nitrogen and oxygen atoms in total. The molecule has 1 aliphatic heterocycles. The number of hydrogen-bond donors (Lipinski definition) is 1. The highest BCUT2D eigenvalue weighted by Gasteiger charge is 2.18. The number of fused-ring (bicyclic) bond motifs is 1. The van der Waals surface area contributed by atoms with Gasteiger partial charge in [-0.1, -0.05) is 17.7 Å². The molecule has 0 amide bonds. The Morgan fingerprint density at radius 3 is 2.72 bits per heavy atom. The Morgan fingerprint density at radius 1 is 1.17 bits per heavy atom. The van der Waals surface area contributed by atoms with Crippen LogP contribution in [0, 0.1) is 0 Å². The fourth-order valence-corrected chi connectivity index (χ4v) is 2.31. The molecule has 2 aromatic rings. The summed E-state index contributed by atoms with van der Waals surface area (Å²) in [6, 6.07) is 6.08. The van der Waals surface area contributed by atoms with Gasteiger partial charge in [0.25, 0.3) is 0 Å². The van der Waals surface area contributed by atoms with Gasteiger partial charge in [0, 0.05) is 18.8 Å². The molecule has 5 heteroatoms. The molecule has 0 unspecified atom stereocenters. The van der Waals surface area contributed by atoms with Gasteiger partial charge < -0.3 is 10.6 Å². The van der Waals surface area contributed by atoms with E-state index in [9.17, 15) is 0 Å². The Morgan fingerprint density at radius 2 is 1.94 bits per heavy atom. The van der Waals surface area contributed by atoms with Crippen molar-refractivity contribution in [3.63, 3.8) is 0 Å². The van der Waals surface area contributed by atoms with Gasteiger partial charge in [-0.05, 0) is 29.7 Å². The second-order valence-corrected chi connectivity index (χ2v) is 4.84. The van der Waals surface area contributed by atoms with Gasteiger partial charge in [-0.15, -0.1) is 0 Å². The molecule has 3 rings (SSSR count). The van der Waals surface area contributed by atoms with Crippen LogP contribution in [-0.2, 0) is 13.0 Å². The second kappa shape index (κ2) is 4.46. The molecule has 18 heavy (non-hydrogen) atoms. The van der Waals surface area contributed by atoms with Gasteiger partial charge in [-0.25, -0.2) is 9.97 Å². The maximum Gasteiger partial charge on any atom is 0.225 e. The van der Waals surface area contributed by atoms with Crippen LogP contribution in [0.25, 0.3) is 0 Å². The summed E-state index contributed by atoms with van der Waals surface area (Å²) in [5.41, 5.74) is 9.22. The molecule has 92 valence electrons. The Bertz CT molecular complexity index is 568. The number of nitrogen functional groups attached to an aromatic ring is 1. The van der Waals surface area contributed by atoms with Crippen molar-refractivity contribution in [1.82, 2.24) is 9.97 Å². The van der Waals surface area contributed by atoms with Crippen molar-refractivity contribution in [1.29, 1.82) is 0 Å². The van der Waals surface area contributed by atoms with Crippen LogP contribution in [0.3, 0.4) is 0 Å². The van der Waals surface area contributed by atoms with Crippen molar-refractivity contribution in [2.45, 2.75) is 13.0 Å². The van der Waals surface area contributed by atoms with E-state index in [4.69, 9.17) is 17.3 Å². The third-order valence-electron chi connectivity index (χ3n) is 3.13. The zero-order chi connectivity index (χ0) is 12.5. The van der Waals surface area contributed by atoms with Gasteiger partial charge in [0.2, 0.25) is 5.95 Å². The number of hydrogen-bond acceptors (Lipinski definition) is 4. The molecule has 0 bridgehead atoms. The van der Waals surface area contributed by atoms with E-state index in [-0.39, 0.29) is 0 Å². The molecule has 0 radical (unpaired) electrons. The van der Waals surface area contributed by atoms with Gasteiger partial charge in [-0.2, -0.15) is 0 Å². The van der Waals surface area contributed by atoms with Crippen LogP contribution in [0.15, 0.2) is 30.6 Å². The van der Waals surface area contributed by atoms with E-state index >= 15 is 0 Å². The standard InChI is InChI=1S/C13H13ClN4/c14-11-6-16-13(17-7-11)18-4-3-9-1-2-12(15)5-10(9)8-18/h1-2,5-7H,3-4,8,15H2. The van der Waals surface area contributed by atoms with Crippen LogP contribution >= 0.6 is 11.6 Å². The van der Waals surface area contributed by atoms with Gasteiger partial charge >= 0.3 is 0 Å². The molecule has 0 saturated heterocycles. The van der Waals surface area contributed by atoms with Crippen molar-refractivity contribution in [3.05, 3.63) is 46.7 Å². The maximum absolute atomic E-state index is 5.82. The molecule has 1 aromatic carbocycles. The molecular weight excluding hydrogens is 248 g/mol. The summed E-state index contributed by atoms with van der Waals surface area (Å²) in [5, 5.41) is 0.556. The van der Waals surface area contributed by atoms with E-state index in [1.807, 2.05) is 12.1 Å². The van der Waals surface area contributed by atoms with Crippen LogP contribution in [0.1, 0.15) is 11.1 Å². The van der Waals surface area contributed by atoms with Crippen LogP contribution in [-0.4, -0.2) is 16.5 Å². The van der Waals surface area contributed by atoms with Crippen LogP contribution < -0.4 is 10.6 Å². The lowest BCUT2D eigenvalue weighted by molar-refractivity contribution is 0.708. The van der Waals surface area contributed by atoms with E-state index in [2.05, 4.69) is 20.9 Å². The van der Waals surface area contributed by atoms with Gasteiger partial charge in [0.15, 0.2) is 0 Å². The minimum Gasteiger partial charge on any atom is -0.399 e.